The van der Waals surface area contributed by atoms with Crippen molar-refractivity contribution in [3.05, 3.63) is 0 Å². The maximum atomic E-state index is 5.51. The highest BCUT2D eigenvalue weighted by Crippen LogP contribution is 2.55. The maximum Gasteiger partial charge on any atom is 0.166 e. The summed E-state index contributed by atoms with van der Waals surface area (Å²) in [5, 5.41) is 8.02. The fourth-order valence-electron chi connectivity index (χ4n) is 4.97. The molecule has 2 N–H and O–H groups in total. The summed E-state index contributed by atoms with van der Waals surface area (Å²) in [5.41, 5.74) is 0.359. The van der Waals surface area contributed by atoms with Crippen molar-refractivity contribution in [1.82, 2.24) is 10.6 Å². The lowest BCUT2D eigenvalue weighted by Crippen LogP contribution is -2.61. The van der Waals surface area contributed by atoms with E-state index in [0.29, 0.717) is 5.54 Å². The molecule has 0 aliphatic heterocycles. The minimum atomic E-state index is 0.359. The van der Waals surface area contributed by atoms with Gasteiger partial charge in [0.1, 0.15) is 0 Å². The zero-order valence-electron chi connectivity index (χ0n) is 11.9. The highest BCUT2D eigenvalue weighted by Gasteiger charge is 2.51. The van der Waals surface area contributed by atoms with Crippen LogP contribution in [0.2, 0.25) is 0 Å². The molecule has 4 heteroatoms. The number of hydrogen-bond donors (Lipinski definition) is 2. The molecule has 4 rings (SSSR count). The van der Waals surface area contributed by atoms with Crippen LogP contribution in [0.25, 0.3) is 0 Å². The lowest BCUT2D eigenvalue weighted by Gasteiger charge is -2.57. The quantitative estimate of drug-likeness (QED) is 0.601. The molecule has 0 heterocycles. The van der Waals surface area contributed by atoms with Crippen molar-refractivity contribution in [2.24, 2.45) is 17.8 Å². The summed E-state index contributed by atoms with van der Waals surface area (Å²) in [6.07, 6.45) is 11.9. The summed E-state index contributed by atoms with van der Waals surface area (Å²) in [4.78, 5) is 0. The van der Waals surface area contributed by atoms with E-state index in [1.165, 1.54) is 50.7 Å². The van der Waals surface area contributed by atoms with Crippen LogP contribution in [0.4, 0.5) is 0 Å². The maximum absolute atomic E-state index is 5.51. The van der Waals surface area contributed by atoms with Crippen molar-refractivity contribution in [2.45, 2.75) is 50.5 Å². The highest BCUT2D eigenvalue weighted by atomic mass is 32.2. The van der Waals surface area contributed by atoms with Crippen molar-refractivity contribution in [3.63, 3.8) is 0 Å². The molecule has 0 radical (unpaired) electrons. The van der Waals surface area contributed by atoms with E-state index < -0.39 is 0 Å². The number of nitrogens with one attached hydrogen (secondary N) is 2. The zero-order valence-corrected chi connectivity index (χ0v) is 13.5. The smallest absolute Gasteiger partial charge is 0.166 e. The molecule has 4 aliphatic carbocycles. The third kappa shape index (κ3) is 3.21. The minimum absolute atomic E-state index is 0.359. The molecule has 4 saturated carbocycles. The second-order valence-electron chi connectivity index (χ2n) is 6.93. The van der Waals surface area contributed by atoms with Crippen LogP contribution in [0, 0.1) is 17.8 Å². The molecule has 0 aromatic rings. The molecule has 0 amide bonds. The molecule has 2 nitrogen and oxygen atoms in total. The Morgan fingerprint density at radius 1 is 1.16 bits per heavy atom. The van der Waals surface area contributed by atoms with Crippen LogP contribution in [-0.2, 0) is 0 Å². The van der Waals surface area contributed by atoms with Crippen molar-refractivity contribution < 1.29 is 0 Å². The molecule has 4 aliphatic rings. The van der Waals surface area contributed by atoms with E-state index in [4.69, 9.17) is 12.2 Å². The zero-order chi connectivity index (χ0) is 13.3. The first-order valence-corrected chi connectivity index (χ1v) is 9.54. The average Bonchev–Trinajstić information content (AvgIpc) is 2.32. The normalized spacial score (nSPS) is 39.3. The Balaban J connectivity index is 1.50. The van der Waals surface area contributed by atoms with Gasteiger partial charge in [0.25, 0.3) is 0 Å². The molecule has 108 valence electrons. The Bertz CT molecular complexity index is 308. The molecule has 4 fully saturated rings. The van der Waals surface area contributed by atoms with Gasteiger partial charge in [0, 0.05) is 12.1 Å². The standard InChI is InChI=1S/C15H26N2S2/c1-19-4-2-3-16-14(18)17-15-8-11-5-12(9-15)7-13(6-11)10-15/h11-13H,2-10H2,1H3,(H2,16,17,18). The number of rotatable bonds is 5. The van der Waals surface area contributed by atoms with E-state index in [-0.39, 0.29) is 0 Å². The first-order chi connectivity index (χ1) is 9.19. The SMILES string of the molecule is CSCCCNC(=S)NC12CC3CC(CC(C3)C1)C2. The molecular formula is C15H26N2S2. The molecule has 4 bridgehead atoms. The van der Waals surface area contributed by atoms with E-state index in [0.717, 1.165) is 29.4 Å². The van der Waals surface area contributed by atoms with Crippen LogP contribution in [0.15, 0.2) is 0 Å². The summed E-state index contributed by atoms with van der Waals surface area (Å²) >= 11 is 7.41. The van der Waals surface area contributed by atoms with Gasteiger partial charge in [-0.2, -0.15) is 11.8 Å². The second kappa shape index (κ2) is 5.80. The molecule has 0 spiro atoms. The molecule has 0 unspecified atom stereocenters. The summed E-state index contributed by atoms with van der Waals surface area (Å²) < 4.78 is 0. The largest absolute Gasteiger partial charge is 0.363 e. The van der Waals surface area contributed by atoms with Crippen LogP contribution in [0.3, 0.4) is 0 Å². The first-order valence-electron chi connectivity index (χ1n) is 7.74. The highest BCUT2D eigenvalue weighted by molar-refractivity contribution is 7.98. The molecule has 0 saturated heterocycles. The van der Waals surface area contributed by atoms with Crippen LogP contribution in [-0.4, -0.2) is 29.2 Å². The predicted octanol–water partition coefficient (Wildman–Crippen LogP) is 3.17. The van der Waals surface area contributed by atoms with Crippen molar-refractivity contribution in [2.75, 3.05) is 18.6 Å². The Kier molecular flexibility index (Phi) is 4.28. The van der Waals surface area contributed by atoms with Gasteiger partial charge in [-0.1, -0.05) is 0 Å². The molecular weight excluding hydrogens is 272 g/mol. The lowest BCUT2D eigenvalue weighted by molar-refractivity contribution is -0.0101. The summed E-state index contributed by atoms with van der Waals surface area (Å²) in [6, 6.07) is 0. The summed E-state index contributed by atoms with van der Waals surface area (Å²) in [5.74, 6) is 4.17. The Hall–Kier alpha value is 0.0400. The van der Waals surface area contributed by atoms with Crippen molar-refractivity contribution >= 4 is 29.1 Å². The van der Waals surface area contributed by atoms with E-state index in [1.807, 2.05) is 11.8 Å². The topological polar surface area (TPSA) is 24.1 Å². The fourth-order valence-corrected chi connectivity index (χ4v) is 5.72. The van der Waals surface area contributed by atoms with Gasteiger partial charge < -0.3 is 10.6 Å². The molecule has 0 aromatic heterocycles. The summed E-state index contributed by atoms with van der Waals surface area (Å²) in [7, 11) is 0. The van der Waals surface area contributed by atoms with Crippen LogP contribution in [0.5, 0.6) is 0 Å². The fraction of sp³-hybridized carbons (Fsp3) is 0.933. The Labute approximate surface area is 126 Å². The van der Waals surface area contributed by atoms with Gasteiger partial charge >= 0.3 is 0 Å². The van der Waals surface area contributed by atoms with E-state index in [2.05, 4.69) is 16.9 Å². The van der Waals surface area contributed by atoms with E-state index >= 15 is 0 Å². The molecule has 0 atom stereocenters. The second-order valence-corrected chi connectivity index (χ2v) is 8.32. The molecule has 19 heavy (non-hydrogen) atoms. The van der Waals surface area contributed by atoms with Gasteiger partial charge in [-0.05, 0) is 86.9 Å². The van der Waals surface area contributed by atoms with Crippen LogP contribution >= 0.6 is 24.0 Å². The van der Waals surface area contributed by atoms with Gasteiger partial charge in [-0.3, -0.25) is 0 Å². The van der Waals surface area contributed by atoms with Gasteiger partial charge in [0.2, 0.25) is 0 Å². The monoisotopic (exact) mass is 298 g/mol. The lowest BCUT2D eigenvalue weighted by atomic mass is 9.53. The Morgan fingerprint density at radius 3 is 2.26 bits per heavy atom. The number of thioether (sulfide) groups is 1. The van der Waals surface area contributed by atoms with Crippen LogP contribution < -0.4 is 10.6 Å². The van der Waals surface area contributed by atoms with Gasteiger partial charge in [-0.25, -0.2) is 0 Å². The van der Waals surface area contributed by atoms with Crippen LogP contribution in [0.1, 0.15) is 44.9 Å². The van der Waals surface area contributed by atoms with E-state index in [1.54, 1.807) is 0 Å². The minimum Gasteiger partial charge on any atom is -0.363 e. The first kappa shape index (κ1) is 14.0. The number of hydrogen-bond acceptors (Lipinski definition) is 2. The number of thiocarbonyl (C=S) groups is 1. The predicted molar refractivity (Wildman–Crippen MR) is 87.6 cm³/mol. The van der Waals surface area contributed by atoms with E-state index in [9.17, 15) is 0 Å². The van der Waals surface area contributed by atoms with Gasteiger partial charge in [-0.15, -0.1) is 0 Å². The molecule has 0 aromatic carbocycles. The van der Waals surface area contributed by atoms with Crippen molar-refractivity contribution in [3.8, 4) is 0 Å². The average molecular weight is 299 g/mol. The summed E-state index contributed by atoms with van der Waals surface area (Å²) in [6.45, 7) is 1.01. The van der Waals surface area contributed by atoms with Gasteiger partial charge in [0.15, 0.2) is 5.11 Å². The van der Waals surface area contributed by atoms with Gasteiger partial charge in [0.05, 0.1) is 0 Å². The third-order valence-electron chi connectivity index (χ3n) is 5.23. The van der Waals surface area contributed by atoms with Crippen molar-refractivity contribution in [1.29, 1.82) is 0 Å². The third-order valence-corrected chi connectivity index (χ3v) is 6.17. The Morgan fingerprint density at radius 2 is 1.74 bits per heavy atom.